The molecule has 0 spiro atoms. The molecular weight excluding hydrogens is 502 g/mol. The fraction of sp³-hybridized carbons (Fsp3) is 0.500. The molecule has 37 heavy (non-hydrogen) atoms. The third-order valence-electron chi connectivity index (χ3n) is 8.18. The van der Waals surface area contributed by atoms with Crippen molar-refractivity contribution in [3.63, 3.8) is 0 Å². The van der Waals surface area contributed by atoms with E-state index < -0.39 is 58.0 Å². The van der Waals surface area contributed by atoms with Crippen LogP contribution in [0.2, 0.25) is 5.02 Å². The maximum atomic E-state index is 13.6. The van der Waals surface area contributed by atoms with Gasteiger partial charge in [0, 0.05) is 23.1 Å². The van der Waals surface area contributed by atoms with Crippen molar-refractivity contribution in [2.75, 3.05) is 20.6 Å². The molecule has 0 saturated heterocycles. The first-order chi connectivity index (χ1) is 17.4. The summed E-state index contributed by atoms with van der Waals surface area (Å²) in [4.78, 5) is 40.5. The number of phenols is 1. The first kappa shape index (κ1) is 25.7. The zero-order chi connectivity index (χ0) is 27.0. The molecule has 10 nitrogen and oxygen atoms in total. The highest BCUT2D eigenvalue weighted by molar-refractivity contribution is 6.33. The number of nitrogens with zero attached hydrogens (tertiary/aromatic N) is 1. The number of amides is 1. The highest BCUT2D eigenvalue weighted by Crippen LogP contribution is 2.53. The van der Waals surface area contributed by atoms with Gasteiger partial charge in [0.05, 0.1) is 11.6 Å². The van der Waals surface area contributed by atoms with Gasteiger partial charge in [0.1, 0.15) is 22.8 Å². The van der Waals surface area contributed by atoms with Crippen molar-refractivity contribution in [1.29, 1.82) is 0 Å². The molecule has 0 radical (unpaired) electrons. The topological polar surface area (TPSA) is 173 Å². The van der Waals surface area contributed by atoms with Crippen LogP contribution in [0, 0.1) is 17.8 Å². The molecule has 1 aromatic rings. The van der Waals surface area contributed by atoms with E-state index in [9.17, 15) is 34.8 Å². The number of carbonyl (C=O) groups excluding carboxylic acids is 3. The summed E-state index contributed by atoms with van der Waals surface area (Å²) in [5.41, 5.74) is 2.64. The molecule has 4 aliphatic carbocycles. The van der Waals surface area contributed by atoms with Crippen LogP contribution < -0.4 is 11.1 Å². The largest absolute Gasteiger partial charge is 0.510 e. The van der Waals surface area contributed by atoms with Crippen LogP contribution in [0.15, 0.2) is 28.7 Å². The average Bonchev–Trinajstić information content (AvgIpc) is 3.63. The van der Waals surface area contributed by atoms with Crippen LogP contribution in [0.1, 0.15) is 40.7 Å². The smallest absolute Gasteiger partial charge is 0.255 e. The molecular formula is C26H30ClN3O7. The molecule has 4 atom stereocenters. The Kier molecular flexibility index (Phi) is 6.14. The highest BCUT2D eigenvalue weighted by atomic mass is 35.5. The summed E-state index contributed by atoms with van der Waals surface area (Å²) in [6.07, 6.45) is 2.55. The lowest BCUT2D eigenvalue weighted by molar-refractivity contribution is -0.148. The molecule has 0 heterocycles. The highest BCUT2D eigenvalue weighted by Gasteiger charge is 2.63. The van der Waals surface area contributed by atoms with Gasteiger partial charge in [-0.3, -0.25) is 19.3 Å². The fourth-order valence-electron chi connectivity index (χ4n) is 6.22. The number of primary amides is 1. The molecule has 0 aromatic heterocycles. The Morgan fingerprint density at radius 1 is 1.24 bits per heavy atom. The number of phenolic OH excluding ortho intramolecular Hbond substituents is 1. The second-order valence-electron chi connectivity index (χ2n) is 10.8. The van der Waals surface area contributed by atoms with Gasteiger partial charge in [-0.25, -0.2) is 0 Å². The Bertz CT molecular complexity index is 1300. The van der Waals surface area contributed by atoms with Crippen LogP contribution in [0.4, 0.5) is 0 Å². The number of halogens is 1. The summed E-state index contributed by atoms with van der Waals surface area (Å²) < 4.78 is 0. The number of hydrogen-bond donors (Lipinski definition) is 6. The summed E-state index contributed by atoms with van der Waals surface area (Å²) in [7, 11) is 3.17. The van der Waals surface area contributed by atoms with E-state index in [1.165, 1.54) is 23.8 Å². The van der Waals surface area contributed by atoms with E-state index >= 15 is 0 Å². The van der Waals surface area contributed by atoms with Gasteiger partial charge in [-0.2, -0.15) is 0 Å². The minimum atomic E-state index is -2.66. The SMILES string of the molecule is CN(C)[C@@H]1C(O)=C(C(N)=O)C(=O)[C@@]2(O)C(O)=C3C(=O)c4c(O)cc(CNCC5CC5)c(Cl)c4C[C@H]3C[C@@H]12. The normalized spacial score (nSPS) is 29.4. The Hall–Kier alpha value is -2.92. The van der Waals surface area contributed by atoms with Gasteiger partial charge >= 0.3 is 0 Å². The first-order valence-corrected chi connectivity index (χ1v) is 12.7. The maximum Gasteiger partial charge on any atom is 0.255 e. The first-order valence-electron chi connectivity index (χ1n) is 12.3. The number of aromatic hydroxyl groups is 1. The summed E-state index contributed by atoms with van der Waals surface area (Å²) >= 11 is 6.71. The summed E-state index contributed by atoms with van der Waals surface area (Å²) in [5, 5.41) is 48.2. The van der Waals surface area contributed by atoms with E-state index in [1.54, 1.807) is 14.1 Å². The van der Waals surface area contributed by atoms with E-state index in [0.29, 0.717) is 28.6 Å². The minimum Gasteiger partial charge on any atom is -0.510 e. The lowest BCUT2D eigenvalue weighted by Gasteiger charge is -2.50. The van der Waals surface area contributed by atoms with Crippen LogP contribution >= 0.6 is 11.6 Å². The third-order valence-corrected chi connectivity index (χ3v) is 8.65. The van der Waals surface area contributed by atoms with Crippen LogP contribution in [0.25, 0.3) is 0 Å². The number of aliphatic hydroxyl groups excluding tert-OH is 2. The molecule has 1 fully saturated rings. The number of ketones is 2. The number of carbonyl (C=O) groups is 3. The minimum absolute atomic E-state index is 0.0208. The van der Waals surface area contributed by atoms with Crippen molar-refractivity contribution in [3.05, 3.63) is 50.4 Å². The van der Waals surface area contributed by atoms with E-state index in [4.69, 9.17) is 17.3 Å². The predicted molar refractivity (Wildman–Crippen MR) is 133 cm³/mol. The number of likely N-dealkylation sites (N-methyl/N-ethyl adjacent to an activating group) is 1. The second-order valence-corrected chi connectivity index (χ2v) is 11.1. The molecule has 7 N–H and O–H groups in total. The Labute approximate surface area is 218 Å². The molecule has 0 unspecified atom stereocenters. The molecule has 0 bridgehead atoms. The number of hydrogen-bond acceptors (Lipinski definition) is 9. The molecule has 1 amide bonds. The number of rotatable bonds is 6. The van der Waals surface area contributed by atoms with E-state index in [0.717, 1.165) is 6.54 Å². The summed E-state index contributed by atoms with van der Waals surface area (Å²) in [5.74, 6) is -6.15. The lowest BCUT2D eigenvalue weighted by atomic mass is 9.58. The quantitative estimate of drug-likeness (QED) is 0.295. The van der Waals surface area contributed by atoms with E-state index in [2.05, 4.69) is 5.32 Å². The molecule has 198 valence electrons. The second kappa shape index (κ2) is 8.83. The Morgan fingerprint density at radius 2 is 1.92 bits per heavy atom. The van der Waals surface area contributed by atoms with Crippen molar-refractivity contribution in [2.24, 2.45) is 23.5 Å². The maximum absolute atomic E-state index is 13.6. The molecule has 11 heteroatoms. The Morgan fingerprint density at radius 3 is 2.51 bits per heavy atom. The van der Waals surface area contributed by atoms with Gasteiger partial charge in [-0.1, -0.05) is 11.6 Å². The fourth-order valence-corrected chi connectivity index (χ4v) is 6.51. The Balaban J connectivity index is 1.61. The number of nitrogens with two attached hydrogens (primary N) is 1. The van der Waals surface area contributed by atoms with Crippen LogP contribution in [0.3, 0.4) is 0 Å². The number of benzene rings is 1. The van der Waals surface area contributed by atoms with Crippen LogP contribution in [-0.4, -0.2) is 75.1 Å². The van der Waals surface area contributed by atoms with Crippen LogP contribution in [0.5, 0.6) is 5.75 Å². The standard InChI is InChI=1S/C26H30ClN3O7/c1-30(2)20-14-6-11-5-13-17(15(31)7-12(19(13)27)9-29-8-10-3-4-10)21(32)16(11)23(34)26(14,37)24(35)18(22(20)33)25(28)36/h7,10-11,14,20,29,31,33-34,37H,3-6,8-9H2,1-2H3,(H2,28,36)/t11-,14-,20-,26-/m0/s1. The number of aliphatic hydroxyl groups is 3. The summed E-state index contributed by atoms with van der Waals surface area (Å²) in [6.45, 7) is 1.25. The van der Waals surface area contributed by atoms with Gasteiger partial charge in [0.25, 0.3) is 5.91 Å². The van der Waals surface area contributed by atoms with Gasteiger partial charge in [-0.05, 0) is 75.4 Å². The van der Waals surface area contributed by atoms with Crippen LogP contribution in [-0.2, 0) is 22.6 Å². The summed E-state index contributed by atoms with van der Waals surface area (Å²) in [6, 6.07) is 0.379. The zero-order valence-corrected chi connectivity index (χ0v) is 21.3. The molecule has 1 saturated carbocycles. The van der Waals surface area contributed by atoms with Crippen molar-refractivity contribution in [1.82, 2.24) is 10.2 Å². The van der Waals surface area contributed by atoms with E-state index in [1.807, 2.05) is 0 Å². The lowest BCUT2D eigenvalue weighted by Crippen LogP contribution is -2.63. The van der Waals surface area contributed by atoms with Gasteiger partial charge < -0.3 is 31.5 Å². The number of fused-ring (bicyclic) bond motifs is 3. The van der Waals surface area contributed by atoms with Crippen molar-refractivity contribution < 1.29 is 34.8 Å². The molecule has 0 aliphatic heterocycles. The average molecular weight is 532 g/mol. The molecule has 4 aliphatic rings. The third kappa shape index (κ3) is 3.77. The van der Waals surface area contributed by atoms with Crippen molar-refractivity contribution >= 4 is 29.1 Å². The number of nitrogens with one attached hydrogen (secondary N) is 1. The predicted octanol–water partition coefficient (Wildman–Crippen LogP) is 1.27. The zero-order valence-electron chi connectivity index (χ0n) is 20.5. The monoisotopic (exact) mass is 531 g/mol. The van der Waals surface area contributed by atoms with E-state index in [-0.39, 0.29) is 29.7 Å². The number of allylic oxidation sites excluding steroid dienone is 1. The van der Waals surface area contributed by atoms with Gasteiger partial charge in [-0.15, -0.1) is 0 Å². The number of Topliss-reactive ketones (excluding diaryl/α,β-unsaturated/α-hetero) is 2. The van der Waals surface area contributed by atoms with Gasteiger partial charge in [0.2, 0.25) is 5.78 Å². The molecule has 1 aromatic carbocycles. The van der Waals surface area contributed by atoms with Crippen molar-refractivity contribution in [3.8, 4) is 5.75 Å². The van der Waals surface area contributed by atoms with Crippen molar-refractivity contribution in [2.45, 2.75) is 43.9 Å². The van der Waals surface area contributed by atoms with Gasteiger partial charge in [0.15, 0.2) is 11.4 Å². The molecule has 5 rings (SSSR count).